The topological polar surface area (TPSA) is 92.5 Å². The van der Waals surface area contributed by atoms with Crippen LogP contribution in [0.2, 0.25) is 0 Å². The fraction of sp³-hybridized carbons (Fsp3) is 0.333. The van der Waals surface area contributed by atoms with Crippen molar-refractivity contribution in [3.8, 4) is 0 Å². The highest BCUT2D eigenvalue weighted by Crippen LogP contribution is 2.19. The van der Waals surface area contributed by atoms with Gasteiger partial charge in [-0.25, -0.2) is 8.42 Å². The average molecular weight is 337 g/mol. The number of nitrogens with zero attached hydrogens (tertiary/aromatic N) is 2. The molecule has 1 aromatic carbocycles. The van der Waals surface area contributed by atoms with Gasteiger partial charge in [0.15, 0.2) is 5.82 Å². The number of benzene rings is 1. The van der Waals surface area contributed by atoms with Gasteiger partial charge in [0.05, 0.1) is 11.9 Å². The molecule has 0 aliphatic heterocycles. The van der Waals surface area contributed by atoms with E-state index in [1.54, 1.807) is 31.2 Å². The fourth-order valence-corrected chi connectivity index (χ4v) is 3.02. The SMILES string of the molecule is Cc1cccc(N(CCC(=O)Nc2cc(C)on2)S(C)(=O)=O)c1. The van der Waals surface area contributed by atoms with E-state index in [9.17, 15) is 13.2 Å². The number of carbonyl (C=O) groups excluding carboxylic acids is 1. The summed E-state index contributed by atoms with van der Waals surface area (Å²) in [6.07, 6.45) is 1.13. The monoisotopic (exact) mass is 337 g/mol. The van der Waals surface area contributed by atoms with Crippen LogP contribution in [-0.2, 0) is 14.8 Å². The first kappa shape index (κ1) is 17.0. The Kier molecular flexibility index (Phi) is 5.05. The highest BCUT2D eigenvalue weighted by Gasteiger charge is 2.19. The van der Waals surface area contributed by atoms with E-state index in [4.69, 9.17) is 4.52 Å². The Morgan fingerprint density at radius 1 is 1.30 bits per heavy atom. The fourth-order valence-electron chi connectivity index (χ4n) is 2.10. The first-order valence-electron chi connectivity index (χ1n) is 7.03. The number of nitrogens with one attached hydrogen (secondary N) is 1. The zero-order chi connectivity index (χ0) is 17.0. The van der Waals surface area contributed by atoms with Crippen LogP contribution in [0.5, 0.6) is 0 Å². The van der Waals surface area contributed by atoms with Crippen molar-refractivity contribution in [2.24, 2.45) is 0 Å². The molecule has 0 radical (unpaired) electrons. The van der Waals surface area contributed by atoms with Gasteiger partial charge in [-0.05, 0) is 31.5 Å². The molecule has 0 atom stereocenters. The van der Waals surface area contributed by atoms with Gasteiger partial charge in [0.2, 0.25) is 15.9 Å². The summed E-state index contributed by atoms with van der Waals surface area (Å²) in [6.45, 7) is 3.64. The first-order valence-corrected chi connectivity index (χ1v) is 8.88. The number of rotatable bonds is 6. The van der Waals surface area contributed by atoms with Crippen LogP contribution in [0.3, 0.4) is 0 Å². The van der Waals surface area contributed by atoms with Crippen molar-refractivity contribution in [1.82, 2.24) is 5.16 Å². The van der Waals surface area contributed by atoms with Crippen LogP contribution < -0.4 is 9.62 Å². The van der Waals surface area contributed by atoms with Crippen molar-refractivity contribution >= 4 is 27.4 Å². The Hall–Kier alpha value is -2.35. The Bertz CT molecular complexity index is 799. The highest BCUT2D eigenvalue weighted by atomic mass is 32.2. The minimum absolute atomic E-state index is 0.00686. The Morgan fingerprint density at radius 3 is 2.61 bits per heavy atom. The lowest BCUT2D eigenvalue weighted by atomic mass is 10.2. The largest absolute Gasteiger partial charge is 0.360 e. The van der Waals surface area contributed by atoms with E-state index in [0.29, 0.717) is 17.3 Å². The second-order valence-electron chi connectivity index (χ2n) is 5.30. The lowest BCUT2D eigenvalue weighted by Gasteiger charge is -2.22. The van der Waals surface area contributed by atoms with Crippen molar-refractivity contribution in [2.75, 3.05) is 22.4 Å². The normalized spacial score (nSPS) is 11.3. The van der Waals surface area contributed by atoms with Gasteiger partial charge < -0.3 is 9.84 Å². The molecular weight excluding hydrogens is 318 g/mol. The molecule has 0 bridgehead atoms. The maximum absolute atomic E-state index is 12.0. The third-order valence-electron chi connectivity index (χ3n) is 3.13. The molecule has 1 heterocycles. The number of aryl methyl sites for hydroxylation is 2. The number of anilines is 2. The standard InChI is InChI=1S/C15H19N3O4S/c1-11-5-4-6-13(9-11)18(23(3,20)21)8-7-15(19)16-14-10-12(2)22-17-14/h4-6,9-10H,7-8H2,1-3H3,(H,16,17,19). The summed E-state index contributed by atoms with van der Waals surface area (Å²) in [5.41, 5.74) is 1.48. The lowest BCUT2D eigenvalue weighted by molar-refractivity contribution is -0.116. The summed E-state index contributed by atoms with van der Waals surface area (Å²) in [6, 6.07) is 8.71. The molecule has 2 aromatic rings. The molecule has 0 aliphatic carbocycles. The molecule has 1 aromatic heterocycles. The summed E-state index contributed by atoms with van der Waals surface area (Å²) in [5.74, 6) is 0.561. The molecule has 1 amide bonds. The van der Waals surface area contributed by atoms with Gasteiger partial charge in [-0.1, -0.05) is 17.3 Å². The molecule has 0 saturated heterocycles. The van der Waals surface area contributed by atoms with E-state index in [2.05, 4.69) is 10.5 Å². The van der Waals surface area contributed by atoms with Gasteiger partial charge in [-0.3, -0.25) is 9.10 Å². The zero-order valence-corrected chi connectivity index (χ0v) is 14.1. The Morgan fingerprint density at radius 2 is 2.04 bits per heavy atom. The number of hydrogen-bond donors (Lipinski definition) is 1. The summed E-state index contributed by atoms with van der Waals surface area (Å²) < 4.78 is 30.0. The van der Waals surface area contributed by atoms with Crippen LogP contribution in [0.1, 0.15) is 17.7 Å². The van der Waals surface area contributed by atoms with Gasteiger partial charge in [0.25, 0.3) is 0 Å². The zero-order valence-electron chi connectivity index (χ0n) is 13.2. The first-order chi connectivity index (χ1) is 10.8. The van der Waals surface area contributed by atoms with Gasteiger partial charge in [0.1, 0.15) is 5.76 Å². The second-order valence-corrected chi connectivity index (χ2v) is 7.20. The van der Waals surface area contributed by atoms with Gasteiger partial charge in [-0.15, -0.1) is 0 Å². The van der Waals surface area contributed by atoms with E-state index >= 15 is 0 Å². The number of carbonyl (C=O) groups is 1. The van der Waals surface area contributed by atoms with E-state index < -0.39 is 10.0 Å². The molecule has 124 valence electrons. The number of amides is 1. The maximum Gasteiger partial charge on any atom is 0.232 e. The third kappa shape index (κ3) is 4.82. The van der Waals surface area contributed by atoms with E-state index in [0.717, 1.165) is 11.8 Å². The number of sulfonamides is 1. The smallest absolute Gasteiger partial charge is 0.232 e. The van der Waals surface area contributed by atoms with E-state index in [1.807, 2.05) is 13.0 Å². The molecular formula is C15H19N3O4S. The highest BCUT2D eigenvalue weighted by molar-refractivity contribution is 7.92. The molecule has 0 spiro atoms. The van der Waals surface area contributed by atoms with Crippen LogP contribution in [0, 0.1) is 13.8 Å². The number of hydrogen-bond acceptors (Lipinski definition) is 5. The molecule has 0 aliphatic rings. The van der Waals surface area contributed by atoms with Crippen molar-refractivity contribution in [2.45, 2.75) is 20.3 Å². The average Bonchev–Trinajstić information content (AvgIpc) is 2.82. The van der Waals surface area contributed by atoms with Gasteiger partial charge >= 0.3 is 0 Å². The molecule has 0 unspecified atom stereocenters. The second kappa shape index (κ2) is 6.82. The van der Waals surface area contributed by atoms with Gasteiger partial charge in [0, 0.05) is 19.0 Å². The maximum atomic E-state index is 12.0. The van der Waals surface area contributed by atoms with Crippen molar-refractivity contribution in [1.29, 1.82) is 0 Å². The molecule has 1 N–H and O–H groups in total. The van der Waals surface area contributed by atoms with Crippen molar-refractivity contribution in [3.63, 3.8) is 0 Å². The lowest BCUT2D eigenvalue weighted by Crippen LogP contribution is -2.33. The summed E-state index contributed by atoms with van der Waals surface area (Å²) >= 11 is 0. The van der Waals surface area contributed by atoms with Crippen molar-refractivity contribution < 1.29 is 17.7 Å². The molecule has 8 heteroatoms. The van der Waals surface area contributed by atoms with E-state index in [-0.39, 0.29) is 18.9 Å². The summed E-state index contributed by atoms with van der Waals surface area (Å²) in [5, 5.41) is 6.23. The molecule has 23 heavy (non-hydrogen) atoms. The van der Waals surface area contributed by atoms with Crippen LogP contribution in [0.25, 0.3) is 0 Å². The summed E-state index contributed by atoms with van der Waals surface area (Å²) in [7, 11) is -3.48. The predicted molar refractivity (Wildman–Crippen MR) is 87.9 cm³/mol. The van der Waals surface area contributed by atoms with Crippen LogP contribution in [0.15, 0.2) is 34.9 Å². The van der Waals surface area contributed by atoms with Gasteiger partial charge in [-0.2, -0.15) is 0 Å². The molecule has 2 rings (SSSR count). The minimum atomic E-state index is -3.48. The minimum Gasteiger partial charge on any atom is -0.360 e. The predicted octanol–water partition coefficient (Wildman–Crippen LogP) is 2.09. The number of aromatic nitrogens is 1. The molecule has 7 nitrogen and oxygen atoms in total. The van der Waals surface area contributed by atoms with Crippen LogP contribution >= 0.6 is 0 Å². The van der Waals surface area contributed by atoms with Crippen LogP contribution in [0.4, 0.5) is 11.5 Å². The van der Waals surface area contributed by atoms with E-state index in [1.165, 1.54) is 4.31 Å². The van der Waals surface area contributed by atoms with Crippen molar-refractivity contribution in [3.05, 3.63) is 41.7 Å². The molecule has 0 fully saturated rings. The third-order valence-corrected chi connectivity index (χ3v) is 4.32. The molecule has 0 saturated carbocycles. The summed E-state index contributed by atoms with van der Waals surface area (Å²) in [4.78, 5) is 11.9. The van der Waals surface area contributed by atoms with Crippen LogP contribution in [-0.4, -0.2) is 32.3 Å². The Labute approximate surface area is 135 Å². The Balaban J connectivity index is 2.06. The quantitative estimate of drug-likeness (QED) is 0.871.